The minimum atomic E-state index is -2.09. The van der Waals surface area contributed by atoms with Crippen LogP contribution in [0.5, 0.6) is 0 Å². The van der Waals surface area contributed by atoms with Gasteiger partial charge in [-0.3, -0.25) is 30.0 Å². The summed E-state index contributed by atoms with van der Waals surface area (Å²) in [7, 11) is -3.08. The number of halogens is 4. The largest absolute Gasteiger partial charge is 0.495 e. The van der Waals surface area contributed by atoms with Crippen molar-refractivity contribution in [2.24, 2.45) is 0 Å². The molecule has 0 radical (unpaired) electrons. The molecule has 1 saturated heterocycles. The van der Waals surface area contributed by atoms with Crippen LogP contribution in [0.15, 0.2) is 60.7 Å². The van der Waals surface area contributed by atoms with E-state index in [1.807, 2.05) is 67.5 Å². The van der Waals surface area contributed by atoms with Crippen molar-refractivity contribution in [1.82, 2.24) is 20.9 Å². The van der Waals surface area contributed by atoms with Crippen molar-refractivity contribution in [2.75, 3.05) is 0 Å². The summed E-state index contributed by atoms with van der Waals surface area (Å²) in [5.41, 5.74) is 3.61. The molecule has 4 amide bonds. The molecule has 0 saturated carbocycles. The molecule has 4 N–H and O–H groups in total. The Kier molecular flexibility index (Phi) is 15.1. The first-order chi connectivity index (χ1) is 29.2. The monoisotopic (exact) mass is 890 g/mol. The first kappa shape index (κ1) is 51.1. The average Bonchev–Trinajstić information content (AvgIpc) is 3.35. The Morgan fingerprint density at radius 1 is 0.562 bits per heavy atom. The number of rotatable bonds is 6. The molecule has 4 aromatic carbocycles. The number of nitrogens with zero attached hydrogens (tertiary/aromatic N) is 2. The molecule has 0 unspecified atom stereocenters. The maximum Gasteiger partial charge on any atom is 0.495 e. The van der Waals surface area contributed by atoms with Gasteiger partial charge in [0.15, 0.2) is 0 Å². The molecule has 5 rings (SSSR count). The van der Waals surface area contributed by atoms with Gasteiger partial charge in [-0.25, -0.2) is 27.6 Å². The number of hydrazine groups is 2. The van der Waals surface area contributed by atoms with Crippen molar-refractivity contribution >= 4 is 48.8 Å². The zero-order valence-electron chi connectivity index (χ0n) is 38.7. The Bertz CT molecular complexity index is 2370. The van der Waals surface area contributed by atoms with Crippen molar-refractivity contribution in [3.05, 3.63) is 128 Å². The van der Waals surface area contributed by atoms with Crippen LogP contribution in [0, 0.1) is 51.0 Å². The Morgan fingerprint density at radius 2 is 0.859 bits per heavy atom. The van der Waals surface area contributed by atoms with Crippen LogP contribution in [-0.4, -0.2) is 80.2 Å². The van der Waals surface area contributed by atoms with Gasteiger partial charge in [0.05, 0.1) is 22.3 Å². The highest BCUT2D eigenvalue weighted by Gasteiger charge is 2.52. The van der Waals surface area contributed by atoms with Crippen LogP contribution in [0.3, 0.4) is 0 Å². The van der Waals surface area contributed by atoms with E-state index in [-0.39, 0.29) is 5.46 Å². The molecule has 64 heavy (non-hydrogen) atoms. The van der Waals surface area contributed by atoms with Gasteiger partial charge >= 0.3 is 14.2 Å². The summed E-state index contributed by atoms with van der Waals surface area (Å²) in [6, 6.07) is 13.8. The van der Waals surface area contributed by atoms with E-state index in [1.54, 1.807) is 65.8 Å². The second-order valence-electron chi connectivity index (χ2n) is 18.9. The second kappa shape index (κ2) is 18.9. The smallest absolute Gasteiger partial charge is 0.423 e. The molecule has 4 aromatic rings. The van der Waals surface area contributed by atoms with Crippen molar-refractivity contribution in [2.45, 2.75) is 119 Å². The molecule has 1 aliphatic heterocycles. The van der Waals surface area contributed by atoms with Gasteiger partial charge in [-0.15, -0.1) is 0 Å². The highest BCUT2D eigenvalue weighted by molar-refractivity contribution is 6.62. The lowest BCUT2D eigenvalue weighted by Crippen LogP contribution is -2.56. The number of benzene rings is 4. The Labute approximate surface area is 372 Å². The van der Waals surface area contributed by atoms with Crippen LogP contribution in [0.2, 0.25) is 0 Å². The van der Waals surface area contributed by atoms with E-state index in [2.05, 4.69) is 10.9 Å². The third kappa shape index (κ3) is 11.8. The summed E-state index contributed by atoms with van der Waals surface area (Å²) in [5, 5.41) is 20.2. The fourth-order valence-electron chi connectivity index (χ4n) is 6.70. The number of carbonyl (C=O) groups is 4. The van der Waals surface area contributed by atoms with Crippen LogP contribution >= 0.6 is 0 Å². The SMILES string of the molecule is Cc1cc(C)cc(C(=O)N(NC(=O)c2c(F)cc(B(O)O)cc2F)C(C)(C)C)c1.Cc1cc(C)cc(C(=O)N(NC(=O)c2c(F)cc(B3OC(C)(C)C(C)(C)O3)cc2F)C(C)(C)C)c1. The van der Waals surface area contributed by atoms with E-state index in [9.17, 15) is 28.0 Å². The molecular weight excluding hydrogens is 834 g/mol. The molecule has 0 aromatic heterocycles. The predicted octanol–water partition coefficient (Wildman–Crippen LogP) is 6.31. The Hall–Kier alpha value is -5.55. The molecule has 0 spiro atoms. The van der Waals surface area contributed by atoms with Crippen LogP contribution < -0.4 is 21.8 Å². The van der Waals surface area contributed by atoms with Crippen molar-refractivity contribution in [3.63, 3.8) is 0 Å². The zero-order valence-corrected chi connectivity index (χ0v) is 38.7. The van der Waals surface area contributed by atoms with Gasteiger partial charge in [-0.05, 0) is 156 Å². The first-order valence-corrected chi connectivity index (χ1v) is 20.4. The molecule has 342 valence electrons. The van der Waals surface area contributed by atoms with Gasteiger partial charge < -0.3 is 19.4 Å². The maximum atomic E-state index is 15.1. The van der Waals surface area contributed by atoms with Crippen molar-refractivity contribution < 1.29 is 56.1 Å². The van der Waals surface area contributed by atoms with Gasteiger partial charge in [0.2, 0.25) is 0 Å². The van der Waals surface area contributed by atoms with Crippen LogP contribution in [0.25, 0.3) is 0 Å². The van der Waals surface area contributed by atoms with Crippen LogP contribution in [0.4, 0.5) is 17.6 Å². The maximum absolute atomic E-state index is 15.1. The number of hydrogen-bond donors (Lipinski definition) is 4. The highest BCUT2D eigenvalue weighted by Crippen LogP contribution is 2.36. The normalized spacial score (nSPS) is 14.3. The summed E-state index contributed by atoms with van der Waals surface area (Å²) in [6.07, 6.45) is 0. The van der Waals surface area contributed by atoms with E-state index < -0.39 is 100 Å². The number of nitrogens with one attached hydrogen (secondary N) is 2. The van der Waals surface area contributed by atoms with Crippen molar-refractivity contribution in [1.29, 1.82) is 0 Å². The third-order valence-electron chi connectivity index (χ3n) is 10.5. The summed E-state index contributed by atoms with van der Waals surface area (Å²) in [5.74, 6) is -8.01. The van der Waals surface area contributed by atoms with E-state index in [1.165, 1.54) is 0 Å². The topological polar surface area (TPSA) is 158 Å². The van der Waals surface area contributed by atoms with Crippen molar-refractivity contribution in [3.8, 4) is 0 Å². The first-order valence-electron chi connectivity index (χ1n) is 20.4. The fourth-order valence-corrected chi connectivity index (χ4v) is 6.70. The third-order valence-corrected chi connectivity index (χ3v) is 10.5. The van der Waals surface area contributed by atoms with E-state index >= 15 is 8.78 Å². The summed E-state index contributed by atoms with van der Waals surface area (Å²) >= 11 is 0. The zero-order chi connectivity index (χ0) is 48.6. The Morgan fingerprint density at radius 3 is 1.14 bits per heavy atom. The molecule has 0 bridgehead atoms. The van der Waals surface area contributed by atoms with E-state index in [4.69, 9.17) is 19.4 Å². The minimum Gasteiger partial charge on any atom is -0.423 e. The quantitative estimate of drug-likeness (QED) is 0.0997. The number of hydrogen-bond acceptors (Lipinski definition) is 8. The van der Waals surface area contributed by atoms with Gasteiger partial charge in [0.1, 0.15) is 34.4 Å². The van der Waals surface area contributed by atoms with Crippen LogP contribution in [0.1, 0.15) is 133 Å². The highest BCUT2D eigenvalue weighted by atomic mass is 19.1. The van der Waals surface area contributed by atoms with Gasteiger partial charge in [0, 0.05) is 11.1 Å². The van der Waals surface area contributed by atoms with Gasteiger partial charge in [-0.2, -0.15) is 0 Å². The van der Waals surface area contributed by atoms with Crippen LogP contribution in [-0.2, 0) is 9.31 Å². The lowest BCUT2D eigenvalue weighted by molar-refractivity contribution is 0.00578. The van der Waals surface area contributed by atoms with E-state index in [0.29, 0.717) is 23.3 Å². The standard InChI is InChI=1S/C26H33BF2N2O4.C20H23BF2N2O4/c1-15-10-16(2)12-17(11-15)23(33)31(24(3,4)5)30-22(32)21-19(28)13-18(14-20(21)29)27-34-25(6,7)26(8,9)35-27;1-11-6-12(2)8-13(7-11)19(27)25(20(3,4)5)24-18(26)17-15(22)9-14(21(28)29)10-16(17)23/h10-14H,1-9H3,(H,30,32);6-10,28-29H,1-5H3,(H,24,26). The molecule has 12 nitrogen and oxygen atoms in total. The van der Waals surface area contributed by atoms with Gasteiger partial charge in [-0.1, -0.05) is 34.4 Å². The summed E-state index contributed by atoms with van der Waals surface area (Å²) in [4.78, 5) is 51.9. The molecule has 1 fully saturated rings. The lowest BCUT2D eigenvalue weighted by atomic mass is 9.78. The fraction of sp³-hybridized carbons (Fsp3) is 0.391. The minimum absolute atomic E-state index is 0.120. The molecular formula is C46H56B2F4N4O8. The number of amides is 4. The average molecular weight is 891 g/mol. The lowest BCUT2D eigenvalue weighted by Gasteiger charge is -2.35. The number of carbonyl (C=O) groups excluding carboxylic acids is 4. The molecule has 0 aliphatic carbocycles. The summed E-state index contributed by atoms with van der Waals surface area (Å²) < 4.78 is 70.4. The molecule has 1 heterocycles. The molecule has 0 atom stereocenters. The second-order valence-corrected chi connectivity index (χ2v) is 18.9. The number of aryl methyl sites for hydroxylation is 4. The predicted molar refractivity (Wildman–Crippen MR) is 237 cm³/mol. The molecule has 1 aliphatic rings. The van der Waals surface area contributed by atoms with E-state index in [0.717, 1.165) is 44.4 Å². The van der Waals surface area contributed by atoms with Gasteiger partial charge in [0.25, 0.3) is 23.6 Å². The summed E-state index contributed by atoms with van der Waals surface area (Å²) in [6.45, 7) is 24.8. The Balaban J connectivity index is 0.000000286. The molecule has 18 heteroatoms.